The van der Waals surface area contributed by atoms with Crippen molar-refractivity contribution in [3.05, 3.63) is 0 Å². The lowest BCUT2D eigenvalue weighted by atomic mass is 9.94. The van der Waals surface area contributed by atoms with Crippen LogP contribution < -0.4 is 5.32 Å². The molecule has 4 rings (SSSR count). The van der Waals surface area contributed by atoms with Crippen LogP contribution in [0.15, 0.2) is 0 Å². The normalized spacial score (nSPS) is 37.0. The second kappa shape index (κ2) is 6.42. The van der Waals surface area contributed by atoms with Crippen LogP contribution in [0.3, 0.4) is 0 Å². The number of carbonyl (C=O) groups excluding carboxylic acids is 2. The zero-order chi connectivity index (χ0) is 15.8. The van der Waals surface area contributed by atoms with Crippen molar-refractivity contribution >= 4 is 11.8 Å². The number of hydrogen-bond acceptors (Lipinski definition) is 3. The number of nitrogens with one attached hydrogen (secondary N) is 1. The van der Waals surface area contributed by atoms with Gasteiger partial charge < -0.3 is 15.1 Å². The summed E-state index contributed by atoms with van der Waals surface area (Å²) in [6.07, 6.45) is 8.10. The van der Waals surface area contributed by atoms with Crippen LogP contribution in [-0.4, -0.2) is 60.4 Å². The quantitative estimate of drug-likeness (QED) is 0.829. The van der Waals surface area contributed by atoms with E-state index in [4.69, 9.17) is 0 Å². The maximum absolute atomic E-state index is 12.4. The fraction of sp³-hybridized carbons (Fsp3) is 0.889. The molecule has 4 atom stereocenters. The van der Waals surface area contributed by atoms with E-state index in [0.29, 0.717) is 24.9 Å². The van der Waals surface area contributed by atoms with E-state index in [0.717, 1.165) is 32.1 Å². The maximum atomic E-state index is 12.4. The summed E-state index contributed by atoms with van der Waals surface area (Å²) >= 11 is 0. The van der Waals surface area contributed by atoms with Gasteiger partial charge in [-0.2, -0.15) is 0 Å². The van der Waals surface area contributed by atoms with Crippen LogP contribution in [0.5, 0.6) is 0 Å². The number of likely N-dealkylation sites (tertiary alicyclic amines) is 2. The average Bonchev–Trinajstić information content (AvgIpc) is 3.31. The third-order valence-electron chi connectivity index (χ3n) is 6.56. The molecular weight excluding hydrogens is 290 g/mol. The number of carbonyl (C=O) groups is 2. The van der Waals surface area contributed by atoms with Crippen molar-refractivity contribution < 1.29 is 9.59 Å². The second-order valence-corrected chi connectivity index (χ2v) is 8.03. The zero-order valence-corrected chi connectivity index (χ0v) is 14.0. The van der Waals surface area contributed by atoms with Crippen LogP contribution >= 0.6 is 0 Å². The summed E-state index contributed by atoms with van der Waals surface area (Å²) in [5.41, 5.74) is 0. The van der Waals surface area contributed by atoms with Crippen molar-refractivity contribution in [2.75, 3.05) is 32.7 Å². The van der Waals surface area contributed by atoms with Crippen molar-refractivity contribution in [3.63, 3.8) is 0 Å². The van der Waals surface area contributed by atoms with Crippen LogP contribution in [0.25, 0.3) is 0 Å². The van der Waals surface area contributed by atoms with Gasteiger partial charge in [0.25, 0.3) is 0 Å². The second-order valence-electron chi connectivity index (χ2n) is 8.03. The van der Waals surface area contributed by atoms with Gasteiger partial charge in [-0.05, 0) is 57.0 Å². The fourth-order valence-electron chi connectivity index (χ4n) is 5.31. The highest BCUT2D eigenvalue weighted by Crippen LogP contribution is 2.47. The van der Waals surface area contributed by atoms with Crippen molar-refractivity contribution in [1.29, 1.82) is 0 Å². The molecule has 4 aliphatic rings. The summed E-state index contributed by atoms with van der Waals surface area (Å²) < 4.78 is 0. The summed E-state index contributed by atoms with van der Waals surface area (Å²) in [5, 5.41) is 3.06. The number of amides is 2. The third-order valence-corrected chi connectivity index (χ3v) is 6.56. The predicted octanol–water partition coefficient (Wildman–Crippen LogP) is 1.24. The molecule has 2 saturated heterocycles. The smallest absolute Gasteiger partial charge is 0.225 e. The first kappa shape index (κ1) is 15.4. The number of fused-ring (bicyclic) bond motifs is 2. The van der Waals surface area contributed by atoms with Gasteiger partial charge in [0, 0.05) is 32.1 Å². The summed E-state index contributed by atoms with van der Waals surface area (Å²) in [6.45, 7) is 4.65. The Morgan fingerprint density at radius 3 is 2.70 bits per heavy atom. The molecule has 0 spiro atoms. The van der Waals surface area contributed by atoms with E-state index in [1.165, 1.54) is 38.5 Å². The summed E-state index contributed by atoms with van der Waals surface area (Å²) in [4.78, 5) is 29.2. The monoisotopic (exact) mass is 319 g/mol. The lowest BCUT2D eigenvalue weighted by Gasteiger charge is -2.31. The van der Waals surface area contributed by atoms with Crippen molar-refractivity contribution in [3.8, 4) is 0 Å². The molecule has 4 fully saturated rings. The minimum absolute atomic E-state index is 0.0863. The minimum Gasteiger partial charge on any atom is -0.355 e. The Hall–Kier alpha value is -1.10. The molecule has 2 heterocycles. The molecule has 128 valence electrons. The van der Waals surface area contributed by atoms with Crippen molar-refractivity contribution in [1.82, 2.24) is 15.1 Å². The Labute approximate surface area is 138 Å². The first-order valence-electron chi connectivity index (χ1n) is 9.50. The molecule has 4 unspecified atom stereocenters. The van der Waals surface area contributed by atoms with Gasteiger partial charge in [-0.3, -0.25) is 9.59 Å². The number of nitrogens with zero attached hydrogens (tertiary/aromatic N) is 2. The van der Waals surface area contributed by atoms with Gasteiger partial charge >= 0.3 is 0 Å². The van der Waals surface area contributed by atoms with Crippen molar-refractivity contribution in [2.24, 2.45) is 17.8 Å². The fourth-order valence-corrected chi connectivity index (χ4v) is 5.31. The molecule has 5 nitrogen and oxygen atoms in total. The molecule has 0 aromatic carbocycles. The Kier molecular flexibility index (Phi) is 4.31. The largest absolute Gasteiger partial charge is 0.355 e. The van der Waals surface area contributed by atoms with Gasteiger partial charge in [0.1, 0.15) is 0 Å². The van der Waals surface area contributed by atoms with Gasteiger partial charge in [-0.15, -0.1) is 0 Å². The van der Waals surface area contributed by atoms with Gasteiger partial charge in [-0.25, -0.2) is 0 Å². The van der Waals surface area contributed by atoms with Crippen LogP contribution in [0, 0.1) is 17.8 Å². The molecule has 2 bridgehead atoms. The van der Waals surface area contributed by atoms with E-state index < -0.39 is 0 Å². The summed E-state index contributed by atoms with van der Waals surface area (Å²) in [7, 11) is 0. The highest BCUT2D eigenvalue weighted by atomic mass is 16.2. The van der Waals surface area contributed by atoms with Crippen LogP contribution in [0.1, 0.15) is 44.9 Å². The first-order chi connectivity index (χ1) is 11.2. The van der Waals surface area contributed by atoms with Crippen molar-refractivity contribution in [2.45, 2.75) is 51.0 Å². The van der Waals surface area contributed by atoms with Crippen LogP contribution in [0.4, 0.5) is 0 Å². The molecule has 0 radical (unpaired) electrons. The molecule has 2 aliphatic heterocycles. The molecule has 23 heavy (non-hydrogen) atoms. The molecule has 2 saturated carbocycles. The predicted molar refractivity (Wildman–Crippen MR) is 87.7 cm³/mol. The lowest BCUT2D eigenvalue weighted by molar-refractivity contribution is -0.131. The summed E-state index contributed by atoms with van der Waals surface area (Å²) in [6, 6.07) is 0.434. The van der Waals surface area contributed by atoms with Crippen LogP contribution in [0.2, 0.25) is 0 Å². The highest BCUT2D eigenvalue weighted by Gasteiger charge is 2.47. The van der Waals surface area contributed by atoms with E-state index in [1.54, 1.807) is 0 Å². The summed E-state index contributed by atoms with van der Waals surface area (Å²) in [5.74, 6) is 1.72. The molecular formula is C18H29N3O2. The van der Waals surface area contributed by atoms with Gasteiger partial charge in [0.15, 0.2) is 0 Å². The topological polar surface area (TPSA) is 52.7 Å². The van der Waals surface area contributed by atoms with E-state index >= 15 is 0 Å². The van der Waals surface area contributed by atoms with E-state index in [9.17, 15) is 9.59 Å². The maximum Gasteiger partial charge on any atom is 0.225 e. The Bertz CT molecular complexity index is 475. The highest BCUT2D eigenvalue weighted by molar-refractivity contribution is 5.89. The number of rotatable bonds is 5. The molecule has 2 aliphatic carbocycles. The number of hydrogen-bond donors (Lipinski definition) is 1. The lowest BCUT2D eigenvalue weighted by Crippen LogP contribution is -2.41. The van der Waals surface area contributed by atoms with Gasteiger partial charge in [0.2, 0.25) is 11.8 Å². The van der Waals surface area contributed by atoms with E-state index in [2.05, 4.69) is 15.1 Å². The molecule has 1 N–H and O–H groups in total. The van der Waals surface area contributed by atoms with Crippen LogP contribution in [-0.2, 0) is 9.59 Å². The molecule has 2 amide bonds. The average molecular weight is 319 g/mol. The van der Waals surface area contributed by atoms with Gasteiger partial charge in [-0.1, -0.05) is 6.42 Å². The van der Waals surface area contributed by atoms with E-state index in [-0.39, 0.29) is 17.7 Å². The molecule has 5 heteroatoms. The Morgan fingerprint density at radius 1 is 1.17 bits per heavy atom. The third kappa shape index (κ3) is 3.12. The molecule has 0 aromatic rings. The molecule has 0 aromatic heterocycles. The SMILES string of the molecule is O=C(NCCN1CCCC1)C1CC(=O)N(C2CC3CCC2C3)C1. The Balaban J connectivity index is 1.25. The first-order valence-corrected chi connectivity index (χ1v) is 9.50. The Morgan fingerprint density at radius 2 is 2.00 bits per heavy atom. The van der Waals surface area contributed by atoms with E-state index in [1.807, 2.05) is 0 Å². The standard InChI is InChI=1S/C18H29N3O2/c22-17-11-15(18(23)19-5-8-20-6-1-2-7-20)12-21(17)16-10-13-3-4-14(16)9-13/h13-16H,1-12H2,(H,19,23). The van der Waals surface area contributed by atoms with Gasteiger partial charge in [0.05, 0.1) is 5.92 Å². The minimum atomic E-state index is -0.125. The zero-order valence-electron chi connectivity index (χ0n) is 14.0.